The fraction of sp³-hybridized carbons (Fsp3) is 0.310. The van der Waals surface area contributed by atoms with Crippen molar-refractivity contribution in [2.45, 2.75) is 45.2 Å². The third-order valence-electron chi connectivity index (χ3n) is 5.79. The summed E-state index contributed by atoms with van der Waals surface area (Å²) in [7, 11) is 1.56. The molecule has 0 spiro atoms. The third-order valence-corrected chi connectivity index (χ3v) is 6.29. The van der Waals surface area contributed by atoms with Crippen LogP contribution in [0.4, 0.5) is 0 Å². The van der Waals surface area contributed by atoms with Gasteiger partial charge in [-0.2, -0.15) is 0 Å². The van der Waals surface area contributed by atoms with Crippen LogP contribution < -0.4 is 20.1 Å². The molecule has 3 aromatic carbocycles. The molecule has 0 unspecified atom stereocenters. The van der Waals surface area contributed by atoms with Crippen LogP contribution in [0.25, 0.3) is 0 Å². The maximum Gasteiger partial charge on any atom is 0.253 e. The number of carbonyl (C=O) groups is 2. The van der Waals surface area contributed by atoms with E-state index in [1.807, 2.05) is 0 Å². The maximum atomic E-state index is 13.0. The molecule has 3 rings (SSSR count). The van der Waals surface area contributed by atoms with E-state index in [4.69, 9.17) is 32.7 Å². The second-order valence-electron chi connectivity index (χ2n) is 8.57. The highest BCUT2D eigenvalue weighted by molar-refractivity contribution is 6.31. The molecule has 0 aliphatic rings. The standard InChI is InChI=1S/C29H32Cl2N2O4/c1-3-4-5-6-7-18-37-25-17-12-22(19-26(25)36-2)27(32-28(34)20-8-13-23(30)14-9-20)33-29(35)21-10-15-24(31)16-11-21/h8-17,19,27H,3-7,18H2,1-2H3,(H,32,34)(H,33,35). The molecule has 0 saturated carbocycles. The minimum absolute atomic E-state index is 0.371. The van der Waals surface area contributed by atoms with Gasteiger partial charge >= 0.3 is 0 Å². The van der Waals surface area contributed by atoms with Gasteiger partial charge in [-0.3, -0.25) is 9.59 Å². The highest BCUT2D eigenvalue weighted by Gasteiger charge is 2.21. The summed E-state index contributed by atoms with van der Waals surface area (Å²) in [6.07, 6.45) is 4.84. The van der Waals surface area contributed by atoms with Crippen molar-refractivity contribution in [3.63, 3.8) is 0 Å². The van der Waals surface area contributed by atoms with Crippen LogP contribution in [-0.4, -0.2) is 25.5 Å². The number of carbonyl (C=O) groups excluding carboxylic acids is 2. The van der Waals surface area contributed by atoms with E-state index < -0.39 is 6.17 Å². The minimum atomic E-state index is -0.844. The Morgan fingerprint density at radius 2 is 1.30 bits per heavy atom. The Balaban J connectivity index is 1.79. The van der Waals surface area contributed by atoms with Gasteiger partial charge in [0.1, 0.15) is 6.17 Å². The molecule has 2 N–H and O–H groups in total. The normalized spacial score (nSPS) is 10.7. The molecule has 0 fully saturated rings. The molecule has 0 aliphatic carbocycles. The first-order valence-corrected chi connectivity index (χ1v) is 13.1. The number of unbranched alkanes of at least 4 members (excludes halogenated alkanes) is 4. The monoisotopic (exact) mass is 542 g/mol. The Hall–Kier alpha value is -3.22. The molecule has 0 radical (unpaired) electrons. The Kier molecular flexibility index (Phi) is 11.1. The number of hydrogen-bond acceptors (Lipinski definition) is 4. The number of amides is 2. The van der Waals surface area contributed by atoms with Crippen LogP contribution in [0.2, 0.25) is 10.0 Å². The van der Waals surface area contributed by atoms with Gasteiger partial charge < -0.3 is 20.1 Å². The number of benzene rings is 3. The molecule has 196 valence electrons. The van der Waals surface area contributed by atoms with Crippen LogP contribution in [0.5, 0.6) is 11.5 Å². The second-order valence-corrected chi connectivity index (χ2v) is 9.44. The van der Waals surface area contributed by atoms with Gasteiger partial charge in [0.05, 0.1) is 13.7 Å². The van der Waals surface area contributed by atoms with Crippen LogP contribution in [-0.2, 0) is 0 Å². The molecule has 3 aromatic rings. The Labute approximate surface area is 228 Å². The van der Waals surface area contributed by atoms with E-state index in [0.29, 0.717) is 44.8 Å². The van der Waals surface area contributed by atoms with Crippen LogP contribution >= 0.6 is 23.2 Å². The first-order valence-electron chi connectivity index (χ1n) is 12.3. The zero-order valence-corrected chi connectivity index (χ0v) is 22.6. The smallest absolute Gasteiger partial charge is 0.253 e. The van der Waals surface area contributed by atoms with Gasteiger partial charge in [0.25, 0.3) is 11.8 Å². The molecular weight excluding hydrogens is 511 g/mol. The highest BCUT2D eigenvalue weighted by atomic mass is 35.5. The average molecular weight is 543 g/mol. The van der Waals surface area contributed by atoms with Crippen molar-refractivity contribution in [1.29, 1.82) is 0 Å². The molecule has 8 heteroatoms. The third kappa shape index (κ3) is 8.69. The van der Waals surface area contributed by atoms with E-state index in [1.54, 1.807) is 73.8 Å². The summed E-state index contributed by atoms with van der Waals surface area (Å²) < 4.78 is 11.5. The van der Waals surface area contributed by atoms with Crippen LogP contribution in [0, 0.1) is 0 Å². The summed E-state index contributed by atoms with van der Waals surface area (Å²) in [6, 6.07) is 18.3. The number of nitrogens with one attached hydrogen (secondary N) is 2. The van der Waals surface area contributed by atoms with Gasteiger partial charge in [-0.05, 0) is 72.6 Å². The molecule has 6 nitrogen and oxygen atoms in total. The predicted octanol–water partition coefficient (Wildman–Crippen LogP) is 7.21. The summed E-state index contributed by atoms with van der Waals surface area (Å²) in [6.45, 7) is 2.77. The molecule has 0 aliphatic heterocycles. The van der Waals surface area contributed by atoms with E-state index in [-0.39, 0.29) is 11.8 Å². The number of ether oxygens (including phenoxy) is 2. The molecule has 37 heavy (non-hydrogen) atoms. The van der Waals surface area contributed by atoms with Gasteiger partial charge in [-0.25, -0.2) is 0 Å². The van der Waals surface area contributed by atoms with Crippen molar-refractivity contribution >= 4 is 35.0 Å². The lowest BCUT2D eigenvalue weighted by atomic mass is 10.1. The van der Waals surface area contributed by atoms with Crippen molar-refractivity contribution in [3.05, 3.63) is 93.5 Å². The molecule has 0 atom stereocenters. The van der Waals surface area contributed by atoms with Gasteiger partial charge in [-0.15, -0.1) is 0 Å². The van der Waals surface area contributed by atoms with Crippen molar-refractivity contribution in [2.75, 3.05) is 13.7 Å². The quantitative estimate of drug-likeness (QED) is 0.176. The number of methoxy groups -OCH3 is 1. The van der Waals surface area contributed by atoms with E-state index in [2.05, 4.69) is 17.6 Å². The van der Waals surface area contributed by atoms with Gasteiger partial charge in [-0.1, -0.05) is 61.9 Å². The Morgan fingerprint density at radius 1 is 0.757 bits per heavy atom. The minimum Gasteiger partial charge on any atom is -0.493 e. The maximum absolute atomic E-state index is 13.0. The van der Waals surface area contributed by atoms with Gasteiger partial charge in [0, 0.05) is 21.2 Å². The molecular formula is C29H32Cl2N2O4. The summed E-state index contributed by atoms with van der Waals surface area (Å²) in [4.78, 5) is 26.0. The first kappa shape index (κ1) is 28.4. The lowest BCUT2D eigenvalue weighted by Gasteiger charge is -2.22. The number of hydrogen-bond donors (Lipinski definition) is 2. The summed E-state index contributed by atoms with van der Waals surface area (Å²) in [5.41, 5.74) is 1.44. The lowest BCUT2D eigenvalue weighted by molar-refractivity contribution is 0.0883. The van der Waals surface area contributed by atoms with Gasteiger partial charge in [0.2, 0.25) is 0 Å². The molecule has 0 bridgehead atoms. The largest absolute Gasteiger partial charge is 0.493 e. The Morgan fingerprint density at radius 3 is 1.81 bits per heavy atom. The van der Waals surface area contributed by atoms with Crippen LogP contribution in [0.1, 0.15) is 71.5 Å². The SMILES string of the molecule is CCCCCCCOc1ccc(C(NC(=O)c2ccc(Cl)cc2)NC(=O)c2ccc(Cl)cc2)cc1OC. The van der Waals surface area contributed by atoms with Crippen LogP contribution in [0.3, 0.4) is 0 Å². The lowest BCUT2D eigenvalue weighted by Crippen LogP contribution is -2.41. The van der Waals surface area contributed by atoms with E-state index in [1.165, 1.54) is 19.3 Å². The van der Waals surface area contributed by atoms with E-state index in [0.717, 1.165) is 12.8 Å². The average Bonchev–Trinajstić information content (AvgIpc) is 2.91. The van der Waals surface area contributed by atoms with Crippen molar-refractivity contribution in [1.82, 2.24) is 10.6 Å². The zero-order valence-electron chi connectivity index (χ0n) is 21.1. The molecule has 0 saturated heterocycles. The second kappa shape index (κ2) is 14.5. The highest BCUT2D eigenvalue weighted by Crippen LogP contribution is 2.30. The Bertz CT molecular complexity index is 1110. The number of halogens is 2. The topological polar surface area (TPSA) is 76.7 Å². The zero-order chi connectivity index (χ0) is 26.6. The summed E-state index contributed by atoms with van der Waals surface area (Å²) in [5.74, 6) is 0.375. The van der Waals surface area contributed by atoms with E-state index >= 15 is 0 Å². The molecule has 2 amide bonds. The van der Waals surface area contributed by atoms with Crippen molar-refractivity contribution in [2.24, 2.45) is 0 Å². The van der Waals surface area contributed by atoms with Gasteiger partial charge in [0.15, 0.2) is 11.5 Å². The fourth-order valence-electron chi connectivity index (χ4n) is 3.70. The predicted molar refractivity (Wildman–Crippen MR) is 148 cm³/mol. The summed E-state index contributed by atoms with van der Waals surface area (Å²) in [5, 5.41) is 6.82. The van der Waals surface area contributed by atoms with Crippen molar-refractivity contribution in [3.8, 4) is 11.5 Å². The molecule has 0 aromatic heterocycles. The summed E-state index contributed by atoms with van der Waals surface area (Å²) >= 11 is 11.9. The fourth-order valence-corrected chi connectivity index (χ4v) is 3.96. The first-order chi connectivity index (χ1) is 17.9. The number of rotatable bonds is 13. The van der Waals surface area contributed by atoms with E-state index in [9.17, 15) is 9.59 Å². The molecule has 0 heterocycles. The van der Waals surface area contributed by atoms with Crippen molar-refractivity contribution < 1.29 is 19.1 Å². The van der Waals surface area contributed by atoms with Crippen LogP contribution in [0.15, 0.2) is 66.7 Å².